The van der Waals surface area contributed by atoms with Crippen LogP contribution in [0.1, 0.15) is 65.0 Å². The van der Waals surface area contributed by atoms with Gasteiger partial charge in [0.25, 0.3) is 0 Å². The lowest BCUT2D eigenvalue weighted by Gasteiger charge is -2.29. The molecule has 6 aliphatic carbocycles. The van der Waals surface area contributed by atoms with E-state index in [0.29, 0.717) is 35.5 Å². The summed E-state index contributed by atoms with van der Waals surface area (Å²) in [5.41, 5.74) is 13.9. The summed E-state index contributed by atoms with van der Waals surface area (Å²) in [5.74, 6) is 2.67. The van der Waals surface area contributed by atoms with Crippen molar-refractivity contribution in [2.45, 2.75) is 37.0 Å². The van der Waals surface area contributed by atoms with E-state index in [1.54, 1.807) is 0 Å². The van der Waals surface area contributed by atoms with E-state index in [4.69, 9.17) is 0 Å². The molecule has 0 spiro atoms. The molecule has 0 nitrogen and oxygen atoms in total. The molecule has 0 fully saturated rings. The average Bonchev–Trinajstić information content (AvgIpc) is 3.63. The van der Waals surface area contributed by atoms with E-state index in [1.807, 2.05) is 0 Å². The van der Waals surface area contributed by atoms with Gasteiger partial charge in [-0.25, -0.2) is 0 Å². The van der Waals surface area contributed by atoms with Crippen molar-refractivity contribution < 1.29 is 0 Å². The second-order valence-corrected chi connectivity index (χ2v) is 16.0. The van der Waals surface area contributed by atoms with Crippen LogP contribution in [0.25, 0.3) is 43.8 Å². The molecular formula is C51H40. The summed E-state index contributed by atoms with van der Waals surface area (Å²) >= 11 is 0. The quantitative estimate of drug-likeness (QED) is 0.182. The van der Waals surface area contributed by atoms with Crippen molar-refractivity contribution in [3.8, 4) is 11.1 Å². The van der Waals surface area contributed by atoms with Crippen LogP contribution in [0, 0.1) is 17.8 Å². The van der Waals surface area contributed by atoms with E-state index in [1.165, 1.54) is 77.2 Å². The number of benzene rings is 5. The number of hydrogen-bond acceptors (Lipinski definition) is 0. The van der Waals surface area contributed by atoms with Gasteiger partial charge in [-0.2, -0.15) is 0 Å². The van der Waals surface area contributed by atoms with Crippen LogP contribution >= 0.6 is 0 Å². The van der Waals surface area contributed by atoms with Gasteiger partial charge in [0.2, 0.25) is 0 Å². The lowest BCUT2D eigenvalue weighted by molar-refractivity contribution is 0.394. The fraction of sp³-hybridized carbons (Fsp3) is 0.176. The lowest BCUT2D eigenvalue weighted by Crippen LogP contribution is -2.24. The molecule has 0 aromatic heterocycles. The normalized spacial score (nSPS) is 26.9. The van der Waals surface area contributed by atoms with E-state index in [-0.39, 0.29) is 5.41 Å². The van der Waals surface area contributed by atoms with Gasteiger partial charge in [-0.1, -0.05) is 172 Å². The fourth-order valence-corrected chi connectivity index (χ4v) is 10.4. The highest BCUT2D eigenvalue weighted by Gasteiger charge is 2.44. The highest BCUT2D eigenvalue weighted by atomic mass is 14.5. The Labute approximate surface area is 300 Å². The van der Waals surface area contributed by atoms with Crippen molar-refractivity contribution in [2.24, 2.45) is 17.8 Å². The molecule has 0 radical (unpaired) electrons. The van der Waals surface area contributed by atoms with Gasteiger partial charge >= 0.3 is 0 Å². The fourth-order valence-electron chi connectivity index (χ4n) is 10.4. The topological polar surface area (TPSA) is 0 Å². The van der Waals surface area contributed by atoms with Crippen LogP contribution in [0.5, 0.6) is 0 Å². The highest BCUT2D eigenvalue weighted by molar-refractivity contribution is 6.02. The Hall–Kier alpha value is -5.46. The summed E-state index contributed by atoms with van der Waals surface area (Å²) in [6, 6.07) is 32.8. The van der Waals surface area contributed by atoms with Crippen LogP contribution in [-0.2, 0) is 5.41 Å². The molecule has 0 N–H and O–H groups in total. The maximum absolute atomic E-state index is 2.49. The molecule has 0 saturated heterocycles. The van der Waals surface area contributed by atoms with E-state index >= 15 is 0 Å². The second kappa shape index (κ2) is 10.8. The SMILES string of the molecule is CC1(C)c2cc(-c3ccc4cc(C5=CC6C=CC(c7ccc8c9c(cccc79)C7C=CC=CC87)=CC6C=C5)ccc4c3)ccc2C2C=CC=CC21. The predicted molar refractivity (Wildman–Crippen MR) is 216 cm³/mol. The Morgan fingerprint density at radius 2 is 1.10 bits per heavy atom. The zero-order chi connectivity index (χ0) is 33.8. The summed E-state index contributed by atoms with van der Waals surface area (Å²) in [7, 11) is 0. The van der Waals surface area contributed by atoms with Crippen molar-refractivity contribution in [1.82, 2.24) is 0 Å². The molecule has 0 saturated carbocycles. The predicted octanol–water partition coefficient (Wildman–Crippen LogP) is 12.9. The Morgan fingerprint density at radius 3 is 1.90 bits per heavy atom. The van der Waals surface area contributed by atoms with Gasteiger partial charge in [0, 0.05) is 29.6 Å². The monoisotopic (exact) mass is 652 g/mol. The van der Waals surface area contributed by atoms with Crippen LogP contribution in [0.15, 0.2) is 170 Å². The van der Waals surface area contributed by atoms with Crippen molar-refractivity contribution in [1.29, 1.82) is 0 Å². The molecule has 5 aromatic carbocycles. The molecule has 0 heterocycles. The summed E-state index contributed by atoms with van der Waals surface area (Å²) < 4.78 is 0. The van der Waals surface area contributed by atoms with Crippen LogP contribution in [0.2, 0.25) is 0 Å². The van der Waals surface area contributed by atoms with Gasteiger partial charge in [-0.15, -0.1) is 0 Å². The molecule has 0 aliphatic heterocycles. The van der Waals surface area contributed by atoms with Gasteiger partial charge in [-0.3, -0.25) is 0 Å². The smallest absolute Gasteiger partial charge is 0.0131 e. The van der Waals surface area contributed by atoms with E-state index < -0.39 is 0 Å². The third kappa shape index (κ3) is 4.32. The minimum atomic E-state index is 0.124. The first-order chi connectivity index (χ1) is 25.0. The highest BCUT2D eigenvalue weighted by Crippen LogP contribution is 2.54. The van der Waals surface area contributed by atoms with Crippen molar-refractivity contribution in [2.75, 3.05) is 0 Å². The minimum absolute atomic E-state index is 0.124. The molecule has 6 atom stereocenters. The van der Waals surface area contributed by atoms with Gasteiger partial charge in [0.1, 0.15) is 0 Å². The molecule has 0 bridgehead atoms. The Kier molecular flexibility index (Phi) is 6.19. The van der Waals surface area contributed by atoms with Crippen molar-refractivity contribution in [3.05, 3.63) is 203 Å². The standard InChI is InChI=1S/C51H40/c1-51(2)48-13-6-5-10-43(48)44-23-22-38(30-49(44)51)36-18-16-32-26-31(14-15-34(32)28-36)33-17-19-37-29-39(21-20-35(37)27-33)40-24-25-47-42-9-4-3-8-41(42)46-12-7-11-45(40)50(46)47/h3-30,35,37,41-43,48H,1-2H3. The Bertz CT molecular complexity index is 2560. The third-order valence-electron chi connectivity index (χ3n) is 13.0. The Balaban J connectivity index is 0.865. The third-order valence-corrected chi connectivity index (χ3v) is 13.0. The first kappa shape index (κ1) is 29.3. The molecular weight excluding hydrogens is 613 g/mol. The molecule has 6 unspecified atom stereocenters. The van der Waals surface area contributed by atoms with Gasteiger partial charge in [0.15, 0.2) is 0 Å². The summed E-state index contributed by atoms with van der Waals surface area (Å²) in [6.07, 6.45) is 32.9. The van der Waals surface area contributed by atoms with E-state index in [2.05, 4.69) is 184 Å². The molecule has 51 heavy (non-hydrogen) atoms. The van der Waals surface area contributed by atoms with Crippen LogP contribution < -0.4 is 0 Å². The second-order valence-electron chi connectivity index (χ2n) is 16.0. The lowest BCUT2D eigenvalue weighted by atomic mass is 9.74. The van der Waals surface area contributed by atoms with E-state index in [0.717, 1.165) is 0 Å². The first-order valence-electron chi connectivity index (χ1n) is 18.8. The summed E-state index contributed by atoms with van der Waals surface area (Å²) in [6.45, 7) is 4.83. The minimum Gasteiger partial charge on any atom is -0.0796 e. The maximum atomic E-state index is 2.49. The average molecular weight is 653 g/mol. The van der Waals surface area contributed by atoms with Gasteiger partial charge in [0.05, 0.1) is 0 Å². The number of rotatable bonds is 3. The number of fused-ring (bicyclic) bond motifs is 8. The number of allylic oxidation sites excluding steroid dienone is 16. The molecule has 0 amide bonds. The first-order valence-corrected chi connectivity index (χ1v) is 18.8. The van der Waals surface area contributed by atoms with Crippen LogP contribution in [0.4, 0.5) is 0 Å². The maximum Gasteiger partial charge on any atom is 0.0131 e. The molecule has 5 aromatic rings. The molecule has 11 rings (SSSR count). The molecule has 0 heteroatoms. The van der Waals surface area contributed by atoms with Crippen molar-refractivity contribution in [3.63, 3.8) is 0 Å². The zero-order valence-corrected chi connectivity index (χ0v) is 29.1. The molecule has 6 aliphatic rings. The van der Waals surface area contributed by atoms with Crippen molar-refractivity contribution >= 4 is 32.7 Å². The van der Waals surface area contributed by atoms with Gasteiger partial charge in [-0.05, 0) is 101 Å². The van der Waals surface area contributed by atoms with Crippen LogP contribution in [0.3, 0.4) is 0 Å². The van der Waals surface area contributed by atoms with Crippen LogP contribution in [-0.4, -0.2) is 0 Å². The zero-order valence-electron chi connectivity index (χ0n) is 29.1. The van der Waals surface area contributed by atoms with E-state index in [9.17, 15) is 0 Å². The Morgan fingerprint density at radius 1 is 0.490 bits per heavy atom. The molecule has 244 valence electrons. The largest absolute Gasteiger partial charge is 0.0796 e. The summed E-state index contributed by atoms with van der Waals surface area (Å²) in [5, 5.41) is 5.43. The summed E-state index contributed by atoms with van der Waals surface area (Å²) in [4.78, 5) is 0. The van der Waals surface area contributed by atoms with Gasteiger partial charge < -0.3 is 0 Å². The number of hydrogen-bond donors (Lipinski definition) is 0.